The predicted molar refractivity (Wildman–Crippen MR) is 169 cm³/mol. The Labute approximate surface area is 266 Å². The first-order valence-corrected chi connectivity index (χ1v) is 20.9. The molecule has 4 nitrogen and oxygen atoms in total. The number of rotatable bonds is 9. The summed E-state index contributed by atoms with van der Waals surface area (Å²) in [6, 6.07) is 31.1. The molecule has 0 amide bonds. The molecule has 0 fully saturated rings. The van der Waals surface area contributed by atoms with Crippen LogP contribution in [0.25, 0.3) is 21.8 Å². The van der Waals surface area contributed by atoms with Gasteiger partial charge in [-0.1, -0.05) is 12.1 Å². The van der Waals surface area contributed by atoms with Gasteiger partial charge in [-0.3, -0.25) is 4.79 Å². The van der Waals surface area contributed by atoms with Crippen molar-refractivity contribution in [2.24, 2.45) is 7.05 Å². The van der Waals surface area contributed by atoms with Gasteiger partial charge in [-0.2, -0.15) is 0 Å². The van der Waals surface area contributed by atoms with E-state index < -0.39 is 31.2 Å². The van der Waals surface area contributed by atoms with Gasteiger partial charge in [-0.05, 0) is 72.8 Å². The van der Waals surface area contributed by atoms with E-state index in [1.165, 1.54) is 9.79 Å². The number of benzene rings is 4. The zero-order valence-corrected chi connectivity index (χ0v) is 28.2. The Morgan fingerprint density at radius 1 is 0.682 bits per heavy atom. The number of hydrogen-bond acceptors (Lipinski definition) is 5. The first kappa shape index (κ1) is 36.2. The monoisotopic (exact) mass is 781 g/mol. The van der Waals surface area contributed by atoms with Crippen molar-refractivity contribution in [2.45, 2.75) is 24.5 Å². The maximum atomic E-state index is 13.5. The van der Waals surface area contributed by atoms with E-state index in [0.29, 0.717) is 11.5 Å². The summed E-state index contributed by atoms with van der Waals surface area (Å²) in [4.78, 5) is 19.2. The van der Waals surface area contributed by atoms with E-state index in [2.05, 4.69) is 71.3 Å². The topological polar surface area (TPSA) is 62.5 Å². The molecule has 0 saturated carbocycles. The summed E-state index contributed by atoms with van der Waals surface area (Å²) >= 11 is -5.92. The Balaban J connectivity index is 0.000000689. The van der Waals surface area contributed by atoms with Gasteiger partial charge in [0.05, 0.1) is 40.5 Å². The van der Waals surface area contributed by atoms with Crippen molar-refractivity contribution in [3.8, 4) is 0 Å². The van der Waals surface area contributed by atoms with Gasteiger partial charge in [0.2, 0.25) is 0 Å². The molecular weight excluding hydrogens is 754 g/mol. The van der Waals surface area contributed by atoms with Gasteiger partial charge in [-0.15, -0.1) is 23.5 Å². The average molecular weight is 783 g/mol. The van der Waals surface area contributed by atoms with Gasteiger partial charge >= 0.3 is 34.4 Å². The molecule has 44 heavy (non-hydrogen) atoms. The Morgan fingerprint density at radius 2 is 1.11 bits per heavy atom. The fourth-order valence-corrected chi connectivity index (χ4v) is 7.81. The quantitative estimate of drug-likeness (QED) is 0.0749. The van der Waals surface area contributed by atoms with Crippen LogP contribution < -0.4 is 10.1 Å². The third kappa shape index (κ3) is 9.86. The zero-order valence-electron chi connectivity index (χ0n) is 23.2. The minimum absolute atomic E-state index is 0. The van der Waals surface area contributed by atoms with E-state index in [1.807, 2.05) is 31.3 Å². The number of aromatic nitrogens is 1. The maximum absolute atomic E-state index is 13.5. The van der Waals surface area contributed by atoms with E-state index in [-0.39, 0.29) is 23.3 Å². The molecule has 1 aromatic heterocycles. The average Bonchev–Trinajstić information content (AvgIpc) is 2.98. The molecule has 0 aliphatic rings. The summed E-state index contributed by atoms with van der Waals surface area (Å²) in [5.41, 5.74) is 1.90. The minimum atomic E-state index is -9.19. The van der Waals surface area contributed by atoms with Crippen molar-refractivity contribution in [2.75, 3.05) is 24.7 Å². The molecule has 4 aromatic carbocycles. The molecule has 5 rings (SSSR count). The van der Waals surface area contributed by atoms with Crippen molar-refractivity contribution in [3.63, 3.8) is 0 Å². The number of hydrogen-bond donors (Lipinski definition) is 2. The molecular formula is C30H28F6NO3S3Sb. The van der Waals surface area contributed by atoms with Gasteiger partial charge in [-0.25, -0.2) is 0 Å². The van der Waals surface area contributed by atoms with Crippen molar-refractivity contribution in [1.82, 2.24) is 4.57 Å². The van der Waals surface area contributed by atoms with E-state index in [1.54, 1.807) is 23.5 Å². The fraction of sp³-hybridized carbons (Fsp3) is 0.167. The first-order chi connectivity index (χ1) is 20.3. The van der Waals surface area contributed by atoms with Gasteiger partial charge in [0.15, 0.2) is 20.1 Å². The van der Waals surface area contributed by atoms with Crippen LogP contribution in [-0.4, -0.2) is 59.8 Å². The molecule has 0 aliphatic carbocycles. The van der Waals surface area contributed by atoms with Crippen LogP contribution in [0, 0.1) is 0 Å². The molecule has 5 aromatic rings. The molecule has 0 radical (unpaired) electrons. The van der Waals surface area contributed by atoms with Crippen LogP contribution in [0.3, 0.4) is 0 Å². The number of thioether (sulfide) groups is 2. The number of halogens is 6. The molecule has 1 heterocycles. The Bertz CT molecular complexity index is 1700. The number of pyridine rings is 1. The van der Waals surface area contributed by atoms with Crippen LogP contribution in [0.5, 0.6) is 0 Å². The fourth-order valence-electron chi connectivity index (χ4n) is 4.43. The van der Waals surface area contributed by atoms with Crippen molar-refractivity contribution in [3.05, 3.63) is 101 Å². The van der Waals surface area contributed by atoms with Crippen LogP contribution in [-0.2, 0) is 17.9 Å². The predicted octanol–water partition coefficient (Wildman–Crippen LogP) is 4.68. The number of para-hydroxylation sites is 1. The number of aliphatic hydroxyl groups is 2. The molecule has 0 spiro atoms. The summed E-state index contributed by atoms with van der Waals surface area (Å²) < 4.78 is 51.6. The molecule has 2 N–H and O–H groups in total. The second-order valence-corrected chi connectivity index (χ2v) is 17.1. The third-order valence-corrected chi connectivity index (χ3v) is 10.4. The summed E-state index contributed by atoms with van der Waals surface area (Å²) in [6.07, 6.45) is 0. The van der Waals surface area contributed by atoms with Crippen molar-refractivity contribution in [1.29, 1.82) is 0 Å². The molecule has 236 valence electrons. The van der Waals surface area contributed by atoms with Crippen LogP contribution in [0.1, 0.15) is 0 Å². The van der Waals surface area contributed by atoms with E-state index in [0.717, 1.165) is 36.5 Å². The molecule has 14 heteroatoms. The summed E-state index contributed by atoms with van der Waals surface area (Å²) in [7, 11) is 1.60. The molecule has 0 bridgehead atoms. The number of aliphatic hydroxyl groups excluding tert-OH is 2. The number of aryl methyl sites for hydroxylation is 1. The Hall–Kier alpha value is -2.28. The molecule has 0 unspecified atom stereocenters. The second kappa shape index (κ2) is 15.3. The van der Waals surface area contributed by atoms with Crippen molar-refractivity contribution >= 4 is 76.5 Å². The normalized spacial score (nSPS) is 12.3. The first-order valence-electron chi connectivity index (χ1n) is 12.9. The number of nitrogens with zero attached hydrogens (tertiary/aromatic N) is 1. The van der Waals surface area contributed by atoms with Gasteiger partial charge in [0.25, 0.3) is 0 Å². The summed E-state index contributed by atoms with van der Waals surface area (Å²) in [5, 5.41) is 19.8. The van der Waals surface area contributed by atoms with E-state index in [4.69, 9.17) is 0 Å². The standard InChI is InChI=1S/C30H28NO3S3.6FH.Sb/c1-31-28-5-3-2-4-26(28)30(34)27-20-25(14-15-29(27)31)37(23-10-6-21(7-11-23)35-18-16-32)24-12-8-22(9-13-24)36-19-17-33;;;;;;;/h2-15,20,32-33H,16-19H2,1H3;6*1H;/q+1;;;;;;;+5/p-6. The third-order valence-electron chi connectivity index (χ3n) is 6.16. The SMILES string of the molecule is Cn1c2ccccc2c(=O)c2cc([S+](c3ccc(SCCO)cc3)c3ccc(SCCO)cc3)ccc21.[F-].[F][Sb]([F])([F])([F])[F]. The van der Waals surface area contributed by atoms with Crippen LogP contribution >= 0.6 is 23.5 Å². The Morgan fingerprint density at radius 3 is 1.59 bits per heavy atom. The van der Waals surface area contributed by atoms with Gasteiger partial charge < -0.3 is 19.5 Å². The van der Waals surface area contributed by atoms with E-state index in [9.17, 15) is 29.1 Å². The summed E-state index contributed by atoms with van der Waals surface area (Å²) in [6.45, 7) is 0.302. The summed E-state index contributed by atoms with van der Waals surface area (Å²) in [5.74, 6) is 1.33. The van der Waals surface area contributed by atoms with Crippen LogP contribution in [0.2, 0.25) is 0 Å². The molecule has 0 atom stereocenters. The number of fused-ring (bicyclic) bond motifs is 2. The van der Waals surface area contributed by atoms with Crippen molar-refractivity contribution < 1.29 is 29.0 Å². The Kier molecular flexibility index (Phi) is 12.6. The second-order valence-electron chi connectivity index (χ2n) is 9.12. The molecule has 0 aliphatic heterocycles. The van der Waals surface area contributed by atoms with E-state index >= 15 is 0 Å². The van der Waals surface area contributed by atoms with Gasteiger partial charge in [0, 0.05) is 39.8 Å². The van der Waals surface area contributed by atoms with Crippen LogP contribution in [0.15, 0.2) is 120 Å². The van der Waals surface area contributed by atoms with Gasteiger partial charge in [0.1, 0.15) is 0 Å². The van der Waals surface area contributed by atoms with Crippen LogP contribution in [0.4, 0.5) is 14.1 Å². The zero-order chi connectivity index (χ0) is 31.2. The molecule has 0 saturated heterocycles.